The molecular weight excluding hydrogens is 307 g/mol. The van der Waals surface area contributed by atoms with Crippen molar-refractivity contribution in [2.75, 3.05) is 5.73 Å². The molecule has 0 saturated carbocycles. The summed E-state index contributed by atoms with van der Waals surface area (Å²) in [5.41, 5.74) is 11.4. The third-order valence-electron chi connectivity index (χ3n) is 2.18. The fourth-order valence-electron chi connectivity index (χ4n) is 1.26. The van der Waals surface area contributed by atoms with E-state index in [2.05, 4.69) is 25.1 Å². The van der Waals surface area contributed by atoms with Gasteiger partial charge in [0.05, 0.1) is 11.2 Å². The lowest BCUT2D eigenvalue weighted by Gasteiger charge is -2.01. The molecule has 1 aromatic carbocycles. The highest BCUT2D eigenvalue weighted by Gasteiger charge is 2.10. The van der Waals surface area contributed by atoms with Gasteiger partial charge in [-0.25, -0.2) is 4.63 Å². The van der Waals surface area contributed by atoms with Crippen LogP contribution in [0.15, 0.2) is 27.0 Å². The van der Waals surface area contributed by atoms with E-state index in [1.165, 1.54) is 18.3 Å². The van der Waals surface area contributed by atoms with Crippen molar-refractivity contribution in [3.05, 3.63) is 33.4 Å². The lowest BCUT2D eigenvalue weighted by atomic mass is 10.2. The van der Waals surface area contributed by atoms with Gasteiger partial charge in [0.15, 0.2) is 17.3 Å². The van der Waals surface area contributed by atoms with Crippen LogP contribution in [0.2, 0.25) is 10.0 Å². The summed E-state index contributed by atoms with van der Waals surface area (Å²) in [7, 11) is 0. The fourth-order valence-corrected chi connectivity index (χ4v) is 1.77. The van der Waals surface area contributed by atoms with E-state index in [1.54, 1.807) is 0 Å². The molecule has 20 heavy (non-hydrogen) atoms. The van der Waals surface area contributed by atoms with Crippen LogP contribution in [0.3, 0.4) is 0 Å². The van der Waals surface area contributed by atoms with Crippen LogP contribution < -0.4 is 11.5 Å². The average molecular weight is 315 g/mol. The molecule has 8 nitrogen and oxygen atoms in total. The Kier molecular flexibility index (Phi) is 4.06. The minimum absolute atomic E-state index is 0.00454. The molecule has 2 aromatic rings. The largest absolute Gasteiger partial charge is 0.506 e. The molecule has 0 atom stereocenters. The number of benzene rings is 1. The predicted molar refractivity (Wildman–Crippen MR) is 75.2 cm³/mol. The summed E-state index contributed by atoms with van der Waals surface area (Å²) in [5, 5.41) is 24.3. The number of anilines is 1. The van der Waals surface area contributed by atoms with E-state index >= 15 is 0 Å². The van der Waals surface area contributed by atoms with Gasteiger partial charge in [-0.1, -0.05) is 23.2 Å². The lowest BCUT2D eigenvalue weighted by molar-refractivity contribution is 0.308. The molecule has 0 fully saturated rings. The van der Waals surface area contributed by atoms with E-state index in [-0.39, 0.29) is 33.7 Å². The van der Waals surface area contributed by atoms with Crippen LogP contribution in [0.5, 0.6) is 5.75 Å². The van der Waals surface area contributed by atoms with Gasteiger partial charge in [0, 0.05) is 10.6 Å². The number of hydrogen-bond acceptors (Lipinski definition) is 7. The number of halogens is 2. The van der Waals surface area contributed by atoms with E-state index in [4.69, 9.17) is 34.7 Å². The number of aromatic nitrogens is 2. The highest BCUT2D eigenvalue weighted by molar-refractivity contribution is 6.36. The quantitative estimate of drug-likeness (QED) is 0.445. The Bertz CT molecular complexity index is 697. The Morgan fingerprint density at radius 2 is 2.10 bits per heavy atom. The highest BCUT2D eigenvalue weighted by atomic mass is 35.5. The number of hydrogen-bond donors (Lipinski definition) is 3. The smallest absolute Gasteiger partial charge is 0.199 e. The molecule has 2 rings (SSSR count). The van der Waals surface area contributed by atoms with Crippen molar-refractivity contribution in [1.29, 1.82) is 0 Å². The minimum atomic E-state index is -0.170. The number of amidine groups is 1. The van der Waals surface area contributed by atoms with E-state index in [0.717, 1.165) is 0 Å². The first kappa shape index (κ1) is 14.1. The van der Waals surface area contributed by atoms with Crippen molar-refractivity contribution in [2.24, 2.45) is 15.9 Å². The zero-order valence-electron chi connectivity index (χ0n) is 9.79. The molecule has 0 amide bonds. The Morgan fingerprint density at radius 1 is 1.35 bits per heavy atom. The molecule has 104 valence electrons. The molecule has 5 N–H and O–H groups in total. The van der Waals surface area contributed by atoms with Gasteiger partial charge >= 0.3 is 0 Å². The van der Waals surface area contributed by atoms with Gasteiger partial charge in [0.2, 0.25) is 0 Å². The van der Waals surface area contributed by atoms with Gasteiger partial charge in [-0.15, -0.1) is 5.10 Å². The van der Waals surface area contributed by atoms with Crippen LogP contribution in [0.4, 0.5) is 5.82 Å². The second-order valence-electron chi connectivity index (χ2n) is 3.55. The van der Waals surface area contributed by atoms with E-state index in [9.17, 15) is 5.11 Å². The molecule has 0 aliphatic carbocycles. The topological polar surface area (TPSA) is 136 Å². The van der Waals surface area contributed by atoms with Crippen molar-refractivity contribution < 1.29 is 9.74 Å². The summed E-state index contributed by atoms with van der Waals surface area (Å²) in [6, 6.07) is 2.86. The molecule has 0 aliphatic heterocycles. The summed E-state index contributed by atoms with van der Waals surface area (Å²) >= 11 is 11.6. The first-order valence-electron chi connectivity index (χ1n) is 5.12. The molecule has 0 radical (unpaired) electrons. The normalized spacial score (nSPS) is 12.2. The second kappa shape index (κ2) is 5.76. The number of nitrogens with two attached hydrogens (primary N) is 2. The highest BCUT2D eigenvalue weighted by Crippen LogP contribution is 2.29. The number of nitrogen functional groups attached to an aromatic ring is 1. The molecule has 0 spiro atoms. The molecule has 0 aliphatic rings. The van der Waals surface area contributed by atoms with Gasteiger partial charge in [-0.2, -0.15) is 5.10 Å². The van der Waals surface area contributed by atoms with Crippen LogP contribution in [-0.2, 0) is 0 Å². The summed E-state index contributed by atoms with van der Waals surface area (Å²) in [6.07, 6.45) is 1.23. The molecule has 10 heteroatoms. The Balaban J connectivity index is 2.25. The van der Waals surface area contributed by atoms with E-state index in [1.807, 2.05) is 0 Å². The van der Waals surface area contributed by atoms with Crippen molar-refractivity contribution in [3.63, 3.8) is 0 Å². The van der Waals surface area contributed by atoms with E-state index in [0.29, 0.717) is 5.02 Å². The molecule has 0 unspecified atom stereocenters. The van der Waals surface area contributed by atoms with Crippen LogP contribution in [-0.4, -0.2) is 27.5 Å². The van der Waals surface area contributed by atoms with Crippen LogP contribution in [0, 0.1) is 0 Å². The number of rotatable bonds is 3. The van der Waals surface area contributed by atoms with Crippen molar-refractivity contribution in [3.8, 4) is 5.75 Å². The fraction of sp³-hybridized carbons (Fsp3) is 0. The maximum Gasteiger partial charge on any atom is 0.199 e. The maximum absolute atomic E-state index is 9.70. The van der Waals surface area contributed by atoms with Gasteiger partial charge in [0.25, 0.3) is 0 Å². The summed E-state index contributed by atoms with van der Waals surface area (Å²) in [4.78, 5) is 0. The van der Waals surface area contributed by atoms with Gasteiger partial charge in [0.1, 0.15) is 5.75 Å². The number of phenols is 1. The predicted octanol–water partition coefficient (Wildman–Crippen LogP) is 1.40. The van der Waals surface area contributed by atoms with Crippen molar-refractivity contribution in [1.82, 2.24) is 10.3 Å². The van der Waals surface area contributed by atoms with Crippen molar-refractivity contribution in [2.45, 2.75) is 0 Å². The van der Waals surface area contributed by atoms with Crippen LogP contribution >= 0.6 is 23.2 Å². The Labute approximate surface area is 122 Å². The Hall–Kier alpha value is -2.32. The summed E-state index contributed by atoms with van der Waals surface area (Å²) < 4.78 is 4.37. The molecule has 1 aromatic heterocycles. The Morgan fingerprint density at radius 3 is 2.75 bits per heavy atom. The third-order valence-corrected chi connectivity index (χ3v) is 2.68. The van der Waals surface area contributed by atoms with E-state index < -0.39 is 0 Å². The third kappa shape index (κ3) is 2.98. The van der Waals surface area contributed by atoms with Crippen molar-refractivity contribution >= 4 is 41.1 Å². The standard InChI is InChI=1S/C10H8Cl2N6O2/c11-5-1-4(8(19)6(12)2-5)3-15-16-9(13)7-10(14)18-20-17-7/h1-3,19H,(H2,13,16)(H2,14,18). The first-order valence-corrected chi connectivity index (χ1v) is 5.87. The summed E-state index contributed by atoms with van der Waals surface area (Å²) in [6.45, 7) is 0. The van der Waals surface area contributed by atoms with Gasteiger partial charge < -0.3 is 16.6 Å². The van der Waals surface area contributed by atoms with Gasteiger partial charge in [-0.3, -0.25) is 0 Å². The summed E-state index contributed by atoms with van der Waals surface area (Å²) in [5.74, 6) is -0.265. The zero-order chi connectivity index (χ0) is 14.7. The molecular formula is C10H8Cl2N6O2. The monoisotopic (exact) mass is 314 g/mol. The lowest BCUT2D eigenvalue weighted by Crippen LogP contribution is -2.15. The number of nitrogens with zero attached hydrogens (tertiary/aromatic N) is 4. The SMILES string of the molecule is NC(=NN=Cc1cc(Cl)cc(Cl)c1O)c1nonc1N. The second-order valence-corrected chi connectivity index (χ2v) is 4.40. The average Bonchev–Trinajstić information content (AvgIpc) is 2.81. The zero-order valence-corrected chi connectivity index (χ0v) is 11.3. The molecule has 0 bridgehead atoms. The number of aromatic hydroxyl groups is 1. The number of phenolic OH excluding ortho intramolecular Hbond substituents is 1. The molecule has 1 heterocycles. The van der Waals surface area contributed by atoms with Crippen LogP contribution in [0.1, 0.15) is 11.3 Å². The first-order chi connectivity index (χ1) is 9.49. The molecule has 0 saturated heterocycles. The van der Waals surface area contributed by atoms with Gasteiger partial charge in [-0.05, 0) is 22.4 Å². The van der Waals surface area contributed by atoms with Crippen LogP contribution in [0.25, 0.3) is 0 Å². The maximum atomic E-state index is 9.70. The minimum Gasteiger partial charge on any atom is -0.506 e.